The lowest BCUT2D eigenvalue weighted by atomic mass is 9.94. The van der Waals surface area contributed by atoms with Gasteiger partial charge in [-0.15, -0.1) is 11.6 Å². The quantitative estimate of drug-likeness (QED) is 0.837. The topological polar surface area (TPSA) is 66.8 Å². The molecule has 1 amide bonds. The van der Waals surface area contributed by atoms with Crippen molar-refractivity contribution >= 4 is 23.5 Å². The largest absolute Gasteiger partial charge is 0.445 e. The molecule has 2 atom stereocenters. The van der Waals surface area contributed by atoms with Crippen LogP contribution < -0.4 is 0 Å². The van der Waals surface area contributed by atoms with Crippen LogP contribution in [0.4, 0.5) is 4.79 Å². The van der Waals surface area contributed by atoms with E-state index in [1.807, 2.05) is 30.3 Å². The van der Waals surface area contributed by atoms with Crippen molar-refractivity contribution in [2.75, 3.05) is 19.0 Å². The smallest absolute Gasteiger partial charge is 0.410 e. The second-order valence-corrected chi connectivity index (χ2v) is 6.10. The summed E-state index contributed by atoms with van der Waals surface area (Å²) in [6.07, 6.45) is 0.448. The summed E-state index contributed by atoms with van der Waals surface area (Å²) in [7, 11) is 0. The number of hydrogen-bond acceptors (Lipinski definition) is 4. The van der Waals surface area contributed by atoms with Gasteiger partial charge in [-0.05, 0) is 18.4 Å². The summed E-state index contributed by atoms with van der Waals surface area (Å²) in [6.45, 7) is 1.05. The number of aliphatic hydroxyl groups excluding tert-OH is 1. The van der Waals surface area contributed by atoms with Gasteiger partial charge in [-0.25, -0.2) is 4.79 Å². The van der Waals surface area contributed by atoms with Crippen LogP contribution in [0, 0.1) is 5.92 Å². The van der Waals surface area contributed by atoms with E-state index in [2.05, 4.69) is 0 Å². The van der Waals surface area contributed by atoms with E-state index < -0.39 is 12.2 Å². The van der Waals surface area contributed by atoms with E-state index in [1.54, 1.807) is 4.90 Å². The summed E-state index contributed by atoms with van der Waals surface area (Å²) in [6, 6.07) is 9.46. The monoisotopic (exact) mass is 339 g/mol. The first-order valence-corrected chi connectivity index (χ1v) is 8.35. The normalized spacial score (nSPS) is 21.6. The molecule has 5 nitrogen and oxygen atoms in total. The zero-order valence-electron chi connectivity index (χ0n) is 13.0. The molecule has 2 rings (SSSR count). The van der Waals surface area contributed by atoms with Crippen LogP contribution >= 0.6 is 11.6 Å². The molecule has 1 aliphatic rings. The number of alkyl halides is 1. The highest BCUT2D eigenvalue weighted by Crippen LogP contribution is 2.21. The van der Waals surface area contributed by atoms with Gasteiger partial charge in [0.1, 0.15) is 12.4 Å². The second kappa shape index (κ2) is 8.89. The molecule has 0 unspecified atom stereocenters. The van der Waals surface area contributed by atoms with Gasteiger partial charge in [0.05, 0.1) is 12.0 Å². The number of rotatable bonds is 5. The molecule has 0 aromatic heterocycles. The molecule has 23 heavy (non-hydrogen) atoms. The van der Waals surface area contributed by atoms with Gasteiger partial charge in [-0.3, -0.25) is 4.79 Å². The second-order valence-electron chi connectivity index (χ2n) is 5.83. The Morgan fingerprint density at radius 3 is 2.74 bits per heavy atom. The molecule has 0 radical (unpaired) electrons. The third-order valence-electron chi connectivity index (χ3n) is 4.03. The van der Waals surface area contributed by atoms with Crippen molar-refractivity contribution in [1.82, 2.24) is 4.90 Å². The fraction of sp³-hybridized carbons (Fsp3) is 0.529. The number of ether oxygens (including phenoxy) is 1. The average molecular weight is 340 g/mol. The Labute approximate surface area is 141 Å². The van der Waals surface area contributed by atoms with Crippen molar-refractivity contribution in [3.63, 3.8) is 0 Å². The number of carbonyl (C=O) groups is 2. The molecule has 1 saturated heterocycles. The first kappa shape index (κ1) is 17.8. The Kier molecular flexibility index (Phi) is 6.86. The molecular weight excluding hydrogens is 318 g/mol. The van der Waals surface area contributed by atoms with Gasteiger partial charge >= 0.3 is 6.09 Å². The number of benzene rings is 1. The fourth-order valence-electron chi connectivity index (χ4n) is 2.75. The summed E-state index contributed by atoms with van der Waals surface area (Å²) < 4.78 is 5.33. The predicted octanol–water partition coefficient (Wildman–Crippen LogP) is 2.59. The van der Waals surface area contributed by atoms with E-state index in [9.17, 15) is 14.7 Å². The highest BCUT2D eigenvalue weighted by atomic mass is 35.5. The van der Waals surface area contributed by atoms with E-state index in [0.717, 1.165) is 5.56 Å². The summed E-state index contributed by atoms with van der Waals surface area (Å²) >= 11 is 5.54. The number of amides is 1. The Hall–Kier alpha value is -1.59. The van der Waals surface area contributed by atoms with Crippen molar-refractivity contribution in [3.8, 4) is 0 Å². The molecule has 1 heterocycles. The first-order valence-electron chi connectivity index (χ1n) is 7.81. The van der Waals surface area contributed by atoms with Crippen LogP contribution in [-0.4, -0.2) is 47.0 Å². The zero-order valence-corrected chi connectivity index (χ0v) is 13.7. The molecule has 0 saturated carbocycles. The molecule has 6 heteroatoms. The lowest BCUT2D eigenvalue weighted by molar-refractivity contribution is -0.118. The van der Waals surface area contributed by atoms with Gasteiger partial charge in [0.15, 0.2) is 0 Å². The number of Topliss-reactive ketones (excluding diaryl/α,β-unsaturated/α-hetero) is 1. The lowest BCUT2D eigenvalue weighted by Gasteiger charge is -2.25. The first-order chi connectivity index (χ1) is 11.1. The standard InChI is InChI=1S/C17H22ClNO4/c18-10-15(20)9-14-11-19(8-4-7-16(14)21)17(22)23-12-13-5-2-1-3-6-13/h1-3,5-6,14,16,21H,4,7-12H2/t14-,16-/m0/s1. The van der Waals surface area contributed by atoms with Crippen LogP contribution in [-0.2, 0) is 16.1 Å². The van der Waals surface area contributed by atoms with E-state index in [0.29, 0.717) is 25.9 Å². The van der Waals surface area contributed by atoms with E-state index >= 15 is 0 Å². The maximum Gasteiger partial charge on any atom is 0.410 e. The van der Waals surface area contributed by atoms with E-state index in [4.69, 9.17) is 16.3 Å². The minimum absolute atomic E-state index is 0.0678. The highest BCUT2D eigenvalue weighted by molar-refractivity contribution is 6.27. The van der Waals surface area contributed by atoms with Crippen LogP contribution in [0.15, 0.2) is 30.3 Å². The van der Waals surface area contributed by atoms with Crippen molar-refractivity contribution in [1.29, 1.82) is 0 Å². The van der Waals surface area contributed by atoms with Crippen molar-refractivity contribution in [2.24, 2.45) is 5.92 Å². The van der Waals surface area contributed by atoms with E-state index in [1.165, 1.54) is 0 Å². The Bertz CT molecular complexity index is 523. The van der Waals surface area contributed by atoms with Crippen LogP contribution in [0.1, 0.15) is 24.8 Å². The number of nitrogens with zero attached hydrogens (tertiary/aromatic N) is 1. The fourth-order valence-corrected chi connectivity index (χ4v) is 2.86. The maximum atomic E-state index is 12.2. The van der Waals surface area contributed by atoms with E-state index in [-0.39, 0.29) is 30.6 Å². The Morgan fingerprint density at radius 1 is 1.30 bits per heavy atom. The third kappa shape index (κ3) is 5.52. The Balaban J connectivity index is 1.91. The van der Waals surface area contributed by atoms with Crippen LogP contribution in [0.3, 0.4) is 0 Å². The SMILES string of the molecule is O=C(CCl)C[C@H]1CN(C(=O)OCc2ccccc2)CCC[C@@H]1O. The number of carbonyl (C=O) groups excluding carboxylic acids is 2. The lowest BCUT2D eigenvalue weighted by Crippen LogP contribution is -2.38. The van der Waals surface area contributed by atoms with Gasteiger partial charge in [-0.2, -0.15) is 0 Å². The maximum absolute atomic E-state index is 12.2. The van der Waals surface area contributed by atoms with Gasteiger partial charge in [0.25, 0.3) is 0 Å². The molecule has 0 spiro atoms. The third-order valence-corrected chi connectivity index (χ3v) is 4.33. The van der Waals surface area contributed by atoms with Gasteiger partial charge in [-0.1, -0.05) is 30.3 Å². The molecule has 1 N–H and O–H groups in total. The summed E-state index contributed by atoms with van der Waals surface area (Å²) in [5.74, 6) is -0.468. The number of hydrogen-bond donors (Lipinski definition) is 1. The van der Waals surface area contributed by atoms with Crippen LogP contribution in [0.5, 0.6) is 0 Å². The zero-order chi connectivity index (χ0) is 16.7. The van der Waals surface area contributed by atoms with Crippen LogP contribution in [0.25, 0.3) is 0 Å². The van der Waals surface area contributed by atoms with Crippen LogP contribution in [0.2, 0.25) is 0 Å². The molecule has 1 aliphatic heterocycles. The highest BCUT2D eigenvalue weighted by Gasteiger charge is 2.30. The number of halogens is 1. The molecule has 1 fully saturated rings. The number of ketones is 1. The molecule has 126 valence electrons. The van der Waals surface area contributed by atoms with Crippen molar-refractivity contribution < 1.29 is 19.4 Å². The predicted molar refractivity (Wildman–Crippen MR) is 87.3 cm³/mol. The molecule has 0 bridgehead atoms. The summed E-state index contributed by atoms with van der Waals surface area (Å²) in [5, 5.41) is 10.1. The minimum atomic E-state index is -0.589. The minimum Gasteiger partial charge on any atom is -0.445 e. The Morgan fingerprint density at radius 2 is 2.04 bits per heavy atom. The van der Waals surface area contributed by atoms with Crippen molar-refractivity contribution in [2.45, 2.75) is 32.0 Å². The molecule has 0 aliphatic carbocycles. The number of likely N-dealkylation sites (tertiary alicyclic amines) is 1. The molecule has 1 aromatic rings. The molecule has 1 aromatic carbocycles. The summed E-state index contributed by atoms with van der Waals surface area (Å²) in [5.41, 5.74) is 0.921. The average Bonchev–Trinajstić information content (AvgIpc) is 2.75. The van der Waals surface area contributed by atoms with Gasteiger partial charge in [0.2, 0.25) is 0 Å². The van der Waals surface area contributed by atoms with Gasteiger partial charge in [0, 0.05) is 25.4 Å². The van der Waals surface area contributed by atoms with Gasteiger partial charge < -0.3 is 14.7 Å². The molecular formula is C17H22ClNO4. The van der Waals surface area contributed by atoms with Crippen molar-refractivity contribution in [3.05, 3.63) is 35.9 Å². The number of aliphatic hydroxyl groups is 1. The summed E-state index contributed by atoms with van der Waals surface area (Å²) in [4.78, 5) is 25.4.